The van der Waals surface area contributed by atoms with Gasteiger partial charge < -0.3 is 5.11 Å². The highest BCUT2D eigenvalue weighted by Gasteiger charge is 2.16. The highest BCUT2D eigenvalue weighted by atomic mass is 32.2. The second-order valence-electron chi connectivity index (χ2n) is 3.60. The van der Waals surface area contributed by atoms with Crippen LogP contribution in [0.4, 0.5) is 0 Å². The minimum absolute atomic E-state index is 0.000185. The van der Waals surface area contributed by atoms with Crippen LogP contribution in [-0.2, 0) is 20.2 Å². The van der Waals surface area contributed by atoms with Gasteiger partial charge in [0.15, 0.2) is 0 Å². The molecular weight excluding hydrogens is 296 g/mol. The van der Waals surface area contributed by atoms with Crippen LogP contribution in [0.3, 0.4) is 0 Å². The molecule has 0 saturated carbocycles. The maximum atomic E-state index is 10.9. The standard InChI is InChI=1S/C10H6O7S2/c11-10-5-8(19(15,16)17)4-6-3-7(18(12,13)14)1-2-9(6)10/h1,3-4,11H,(H,12,13,14)(H,15,16,17). The Balaban J connectivity index is 2.85. The van der Waals surface area contributed by atoms with Crippen molar-refractivity contribution in [1.29, 1.82) is 0 Å². The van der Waals surface area contributed by atoms with Gasteiger partial charge in [0, 0.05) is 5.39 Å². The molecule has 100 valence electrons. The maximum Gasteiger partial charge on any atom is 0.295 e. The summed E-state index contributed by atoms with van der Waals surface area (Å²) in [5, 5.41) is 9.49. The number of phenols is 1. The minimum Gasteiger partial charge on any atom is -0.507 e. The van der Waals surface area contributed by atoms with Crippen molar-refractivity contribution in [2.45, 2.75) is 9.79 Å². The van der Waals surface area contributed by atoms with E-state index in [1.807, 2.05) is 6.07 Å². The van der Waals surface area contributed by atoms with Crippen LogP contribution in [0, 0.1) is 12.1 Å². The molecule has 9 heteroatoms. The average molecular weight is 302 g/mol. The summed E-state index contributed by atoms with van der Waals surface area (Å²) in [5.41, 5.74) is 0. The molecule has 7 nitrogen and oxygen atoms in total. The topological polar surface area (TPSA) is 129 Å². The van der Waals surface area contributed by atoms with Crippen LogP contribution in [0.15, 0.2) is 28.0 Å². The molecule has 2 rings (SSSR count). The van der Waals surface area contributed by atoms with Crippen LogP contribution in [-0.4, -0.2) is 31.0 Å². The molecular formula is C10H6O7S2. The van der Waals surface area contributed by atoms with E-state index in [4.69, 9.17) is 9.11 Å². The Kier molecular flexibility index (Phi) is 3.01. The zero-order valence-electron chi connectivity index (χ0n) is 9.02. The molecule has 2 aromatic carbocycles. The van der Waals surface area contributed by atoms with Crippen molar-refractivity contribution in [3.8, 4) is 5.75 Å². The maximum absolute atomic E-state index is 10.9. The number of benzene rings is 2. The SMILES string of the molecule is O=S(=O)(O)c1[c]c(O)c2[c]cc(S(=O)(=O)O)cc2c1. The molecule has 2 aromatic rings. The molecule has 0 aliphatic rings. The summed E-state index contributed by atoms with van der Waals surface area (Å²) in [6, 6.07) is 7.15. The first-order chi connectivity index (χ1) is 8.59. The molecule has 0 heterocycles. The van der Waals surface area contributed by atoms with Gasteiger partial charge in [-0.05, 0) is 29.7 Å². The third-order valence-electron chi connectivity index (χ3n) is 2.29. The molecule has 0 unspecified atom stereocenters. The molecule has 0 spiro atoms. The summed E-state index contributed by atoms with van der Waals surface area (Å²) in [5.74, 6) is -0.619. The molecule has 0 aliphatic heterocycles. The Morgan fingerprint density at radius 1 is 1.00 bits per heavy atom. The Bertz CT molecular complexity index is 861. The van der Waals surface area contributed by atoms with E-state index in [1.54, 1.807) is 0 Å². The molecule has 2 radical (unpaired) electrons. The third-order valence-corrected chi connectivity index (χ3v) is 3.89. The molecule has 0 atom stereocenters. The average Bonchev–Trinajstić information content (AvgIpc) is 2.25. The van der Waals surface area contributed by atoms with E-state index in [0.717, 1.165) is 18.2 Å². The number of aromatic hydroxyl groups is 1. The number of fused-ring (bicyclic) bond motifs is 1. The molecule has 0 aliphatic carbocycles. The fourth-order valence-corrected chi connectivity index (χ4v) is 2.44. The highest BCUT2D eigenvalue weighted by Crippen LogP contribution is 2.29. The summed E-state index contributed by atoms with van der Waals surface area (Å²) < 4.78 is 61.5. The summed E-state index contributed by atoms with van der Waals surface area (Å²) >= 11 is 0. The normalized spacial score (nSPS) is 12.7. The largest absolute Gasteiger partial charge is 0.507 e. The van der Waals surface area contributed by atoms with Crippen molar-refractivity contribution in [2.75, 3.05) is 0 Å². The monoisotopic (exact) mass is 302 g/mol. The van der Waals surface area contributed by atoms with Gasteiger partial charge >= 0.3 is 0 Å². The van der Waals surface area contributed by atoms with E-state index in [0.29, 0.717) is 0 Å². The van der Waals surface area contributed by atoms with E-state index in [1.165, 1.54) is 0 Å². The van der Waals surface area contributed by atoms with Crippen molar-refractivity contribution in [3.05, 3.63) is 30.3 Å². The lowest BCUT2D eigenvalue weighted by Gasteiger charge is -2.05. The fraction of sp³-hybridized carbons (Fsp3) is 0. The first-order valence-electron chi connectivity index (χ1n) is 4.65. The Morgan fingerprint density at radius 2 is 1.63 bits per heavy atom. The van der Waals surface area contributed by atoms with Crippen molar-refractivity contribution in [3.63, 3.8) is 0 Å². The molecule has 0 fully saturated rings. The minimum atomic E-state index is -4.61. The first-order valence-corrected chi connectivity index (χ1v) is 7.53. The Morgan fingerprint density at radius 3 is 2.16 bits per heavy atom. The van der Waals surface area contributed by atoms with Gasteiger partial charge in [-0.15, -0.1) is 0 Å². The van der Waals surface area contributed by atoms with Gasteiger partial charge in [0.05, 0.1) is 11.0 Å². The fourth-order valence-electron chi connectivity index (χ4n) is 1.46. The Labute approximate surface area is 108 Å². The quantitative estimate of drug-likeness (QED) is 0.694. The molecule has 0 aromatic heterocycles. The molecule has 3 N–H and O–H groups in total. The summed E-state index contributed by atoms with van der Waals surface area (Å²) in [6.45, 7) is 0. The summed E-state index contributed by atoms with van der Waals surface area (Å²) in [4.78, 5) is -1.25. The van der Waals surface area contributed by atoms with E-state index >= 15 is 0 Å². The lowest BCUT2D eigenvalue weighted by Crippen LogP contribution is -2.00. The molecule has 19 heavy (non-hydrogen) atoms. The van der Waals surface area contributed by atoms with Gasteiger partial charge in [0.2, 0.25) is 0 Å². The van der Waals surface area contributed by atoms with Crippen LogP contribution >= 0.6 is 0 Å². The molecule has 0 saturated heterocycles. The summed E-state index contributed by atoms with van der Waals surface area (Å²) in [7, 11) is -9.10. The van der Waals surface area contributed by atoms with Crippen LogP contribution in [0.25, 0.3) is 10.8 Å². The second-order valence-corrected chi connectivity index (χ2v) is 6.41. The third kappa shape index (κ3) is 2.68. The number of phenolic OH excluding ortho intramolecular Hbond substituents is 1. The van der Waals surface area contributed by atoms with Gasteiger partial charge in [0.25, 0.3) is 20.2 Å². The number of hydrogen-bond donors (Lipinski definition) is 3. The predicted molar refractivity (Wildman–Crippen MR) is 62.9 cm³/mol. The van der Waals surface area contributed by atoms with E-state index in [-0.39, 0.29) is 10.8 Å². The van der Waals surface area contributed by atoms with Gasteiger partial charge in [-0.25, -0.2) is 0 Å². The van der Waals surface area contributed by atoms with E-state index < -0.39 is 35.8 Å². The van der Waals surface area contributed by atoms with Gasteiger partial charge in [-0.1, -0.05) is 0 Å². The van der Waals surface area contributed by atoms with Crippen LogP contribution in [0.5, 0.6) is 5.75 Å². The van der Waals surface area contributed by atoms with Gasteiger partial charge in [-0.3, -0.25) is 9.11 Å². The smallest absolute Gasteiger partial charge is 0.295 e. The number of rotatable bonds is 2. The van der Waals surface area contributed by atoms with E-state index in [9.17, 15) is 21.9 Å². The van der Waals surface area contributed by atoms with Gasteiger partial charge in [-0.2, -0.15) is 16.8 Å². The van der Waals surface area contributed by atoms with Crippen LogP contribution in [0.2, 0.25) is 0 Å². The Hall–Kier alpha value is -1.68. The van der Waals surface area contributed by atoms with Crippen LogP contribution in [0.1, 0.15) is 0 Å². The number of hydrogen-bond acceptors (Lipinski definition) is 5. The van der Waals surface area contributed by atoms with Crippen molar-refractivity contribution in [2.24, 2.45) is 0 Å². The zero-order chi connectivity index (χ0) is 14.4. The lowest BCUT2D eigenvalue weighted by atomic mass is 10.1. The predicted octanol–water partition coefficient (Wildman–Crippen LogP) is 0.639. The highest BCUT2D eigenvalue weighted by molar-refractivity contribution is 7.86. The lowest BCUT2D eigenvalue weighted by molar-refractivity contribution is 0.469. The van der Waals surface area contributed by atoms with E-state index in [2.05, 4.69) is 6.07 Å². The second kappa shape index (κ2) is 4.17. The molecule has 0 amide bonds. The van der Waals surface area contributed by atoms with Crippen molar-refractivity contribution >= 4 is 31.0 Å². The first kappa shape index (κ1) is 13.7. The van der Waals surface area contributed by atoms with Crippen molar-refractivity contribution < 1.29 is 31.0 Å². The zero-order valence-corrected chi connectivity index (χ0v) is 10.7. The van der Waals surface area contributed by atoms with Crippen LogP contribution < -0.4 is 0 Å². The summed E-state index contributed by atoms with van der Waals surface area (Å²) in [6.07, 6.45) is 0. The van der Waals surface area contributed by atoms with Crippen molar-refractivity contribution in [1.82, 2.24) is 0 Å². The van der Waals surface area contributed by atoms with Gasteiger partial charge in [0.1, 0.15) is 10.6 Å². The molecule has 0 bridgehead atoms.